The summed E-state index contributed by atoms with van der Waals surface area (Å²) in [5, 5.41) is 3.45. The molecule has 84 valence electrons. The molecule has 0 saturated heterocycles. The van der Waals surface area contributed by atoms with E-state index in [1.807, 2.05) is 0 Å². The average molecular weight is 221 g/mol. The lowest BCUT2D eigenvalue weighted by Crippen LogP contribution is -2.40. The van der Waals surface area contributed by atoms with Crippen molar-refractivity contribution in [2.45, 2.75) is 44.6 Å². The summed E-state index contributed by atoms with van der Waals surface area (Å²) in [5.41, 5.74) is 0.277. The highest BCUT2D eigenvalue weighted by Crippen LogP contribution is 2.28. The van der Waals surface area contributed by atoms with Gasteiger partial charge < -0.3 is 5.32 Å². The first-order chi connectivity index (χ1) is 6.62. The van der Waals surface area contributed by atoms with Crippen molar-refractivity contribution in [1.82, 2.24) is 5.32 Å². The van der Waals surface area contributed by atoms with E-state index < -0.39 is 11.0 Å². The van der Waals surface area contributed by atoms with Gasteiger partial charge in [0.25, 0.3) is 11.0 Å². The number of rotatable bonds is 6. The van der Waals surface area contributed by atoms with Gasteiger partial charge >= 0.3 is 0 Å². The van der Waals surface area contributed by atoms with Crippen LogP contribution in [0.5, 0.6) is 0 Å². The van der Waals surface area contributed by atoms with Gasteiger partial charge in [-0.2, -0.15) is 0 Å². The molecule has 0 heterocycles. The van der Waals surface area contributed by atoms with Gasteiger partial charge in [0.15, 0.2) is 0 Å². The zero-order chi connectivity index (χ0) is 10.4. The fourth-order valence-electron chi connectivity index (χ4n) is 1.93. The van der Waals surface area contributed by atoms with E-state index in [-0.39, 0.29) is 5.54 Å². The zero-order valence-electron chi connectivity index (χ0n) is 8.62. The van der Waals surface area contributed by atoms with Gasteiger partial charge in [-0.25, -0.2) is 8.42 Å². The van der Waals surface area contributed by atoms with Crippen LogP contribution in [-0.2, 0) is 15.2 Å². The van der Waals surface area contributed by atoms with Gasteiger partial charge in [0.1, 0.15) is 0 Å². The molecule has 0 aliphatic heterocycles. The largest absolute Gasteiger partial charge is 0.311 e. The van der Waals surface area contributed by atoms with Gasteiger partial charge in [-0.05, 0) is 32.7 Å². The lowest BCUT2D eigenvalue weighted by Gasteiger charge is -2.25. The van der Waals surface area contributed by atoms with Crippen molar-refractivity contribution in [1.29, 1.82) is 0 Å². The van der Waals surface area contributed by atoms with Gasteiger partial charge in [-0.15, -0.1) is 0 Å². The molecule has 0 spiro atoms. The van der Waals surface area contributed by atoms with Gasteiger partial charge in [0.05, 0.1) is 6.61 Å². The van der Waals surface area contributed by atoms with Gasteiger partial charge in [-0.1, -0.05) is 12.8 Å². The maximum Gasteiger partial charge on any atom is 0.257 e. The molecule has 0 bridgehead atoms. The number of hydrogen-bond acceptors (Lipinski definition) is 4. The summed E-state index contributed by atoms with van der Waals surface area (Å²) in [6, 6.07) is 0. The third-order valence-corrected chi connectivity index (χ3v) is 3.17. The minimum atomic E-state index is -2.67. The van der Waals surface area contributed by atoms with E-state index in [0.717, 1.165) is 13.0 Å². The molecule has 0 aromatic heterocycles. The van der Waals surface area contributed by atoms with Crippen LogP contribution in [0.15, 0.2) is 0 Å². The van der Waals surface area contributed by atoms with E-state index in [9.17, 15) is 8.42 Å². The van der Waals surface area contributed by atoms with Gasteiger partial charge in [0, 0.05) is 5.54 Å². The van der Waals surface area contributed by atoms with Crippen LogP contribution in [0, 0.1) is 0 Å². The molecule has 14 heavy (non-hydrogen) atoms. The molecule has 1 N–H and O–H groups in total. The Labute approximate surface area is 87.2 Å². The molecule has 0 atom stereocenters. The standard InChI is InChI=1S/C9H19NO3S/c1-9(5-2-3-6-9)10-7-4-8-13-14(11)12/h10,14H,2-8H2,1H3. The Morgan fingerprint density at radius 1 is 1.36 bits per heavy atom. The fraction of sp³-hybridized carbons (Fsp3) is 1.00. The lowest BCUT2D eigenvalue weighted by atomic mass is 10.0. The van der Waals surface area contributed by atoms with Crippen molar-refractivity contribution in [3.8, 4) is 0 Å². The summed E-state index contributed by atoms with van der Waals surface area (Å²) < 4.78 is 24.6. The van der Waals surface area contributed by atoms with E-state index >= 15 is 0 Å². The van der Waals surface area contributed by atoms with Crippen molar-refractivity contribution < 1.29 is 12.6 Å². The predicted octanol–water partition coefficient (Wildman–Crippen LogP) is 0.842. The summed E-state index contributed by atoms with van der Waals surface area (Å²) in [6.45, 7) is 3.36. The Bertz CT molecular complexity index is 226. The highest BCUT2D eigenvalue weighted by atomic mass is 32.2. The second-order valence-electron chi connectivity index (χ2n) is 4.10. The minimum Gasteiger partial charge on any atom is -0.311 e. The highest BCUT2D eigenvalue weighted by Gasteiger charge is 2.27. The first kappa shape index (κ1) is 11.9. The molecular formula is C9H19NO3S. The van der Waals surface area contributed by atoms with Crippen molar-refractivity contribution >= 4 is 11.0 Å². The quantitative estimate of drug-likeness (QED) is 0.515. The minimum absolute atomic E-state index is 0.277. The van der Waals surface area contributed by atoms with Crippen LogP contribution in [0.1, 0.15) is 39.0 Å². The second kappa shape index (κ2) is 5.68. The molecular weight excluding hydrogens is 202 g/mol. The van der Waals surface area contributed by atoms with E-state index in [1.165, 1.54) is 25.7 Å². The monoisotopic (exact) mass is 221 g/mol. The van der Waals surface area contributed by atoms with Crippen LogP contribution in [0.25, 0.3) is 0 Å². The van der Waals surface area contributed by atoms with Gasteiger partial charge in [-0.3, -0.25) is 4.18 Å². The Hall–Kier alpha value is -0.130. The Balaban J connectivity index is 2.03. The number of nitrogens with one attached hydrogen (secondary N) is 1. The molecule has 1 saturated carbocycles. The molecule has 5 heteroatoms. The Kier molecular flexibility index (Phi) is 4.84. The molecule has 1 aliphatic rings. The number of thiol groups is 1. The molecule has 0 unspecified atom stereocenters. The van der Waals surface area contributed by atoms with Crippen LogP contribution in [0.2, 0.25) is 0 Å². The third kappa shape index (κ3) is 4.39. The van der Waals surface area contributed by atoms with Crippen molar-refractivity contribution in [2.24, 2.45) is 0 Å². The SMILES string of the molecule is CC1(NCCCO[SH](=O)=O)CCCC1. The van der Waals surface area contributed by atoms with E-state index in [4.69, 9.17) is 0 Å². The van der Waals surface area contributed by atoms with Gasteiger partial charge in [0.2, 0.25) is 0 Å². The molecule has 1 rings (SSSR count). The van der Waals surface area contributed by atoms with Crippen LogP contribution in [-0.4, -0.2) is 27.1 Å². The summed E-state index contributed by atoms with van der Waals surface area (Å²) in [5.74, 6) is 0. The number of hydrogen-bond donors (Lipinski definition) is 2. The molecule has 0 aromatic rings. The normalized spacial score (nSPS) is 20.4. The van der Waals surface area contributed by atoms with E-state index in [1.54, 1.807) is 0 Å². The fourth-order valence-corrected chi connectivity index (χ4v) is 2.21. The Morgan fingerprint density at radius 2 is 2.00 bits per heavy atom. The zero-order valence-corrected chi connectivity index (χ0v) is 9.52. The van der Waals surface area contributed by atoms with Crippen LogP contribution >= 0.6 is 0 Å². The van der Waals surface area contributed by atoms with Crippen molar-refractivity contribution in [3.63, 3.8) is 0 Å². The average Bonchev–Trinajstić information content (AvgIpc) is 2.51. The predicted molar refractivity (Wildman–Crippen MR) is 55.8 cm³/mol. The third-order valence-electron chi connectivity index (χ3n) is 2.78. The lowest BCUT2D eigenvalue weighted by molar-refractivity contribution is 0.302. The first-order valence-corrected chi connectivity index (χ1v) is 6.24. The topological polar surface area (TPSA) is 55.4 Å². The molecule has 0 aromatic carbocycles. The molecule has 1 aliphatic carbocycles. The summed E-state index contributed by atoms with van der Waals surface area (Å²) in [4.78, 5) is 0. The summed E-state index contributed by atoms with van der Waals surface area (Å²) in [7, 11) is -2.67. The summed E-state index contributed by atoms with van der Waals surface area (Å²) >= 11 is 0. The molecule has 0 radical (unpaired) electrons. The van der Waals surface area contributed by atoms with Crippen LogP contribution in [0.4, 0.5) is 0 Å². The maximum absolute atomic E-state index is 10.1. The van der Waals surface area contributed by atoms with Crippen LogP contribution in [0.3, 0.4) is 0 Å². The highest BCUT2D eigenvalue weighted by molar-refractivity contribution is 7.67. The molecule has 0 amide bonds. The molecule has 4 nitrogen and oxygen atoms in total. The Morgan fingerprint density at radius 3 is 2.57 bits per heavy atom. The first-order valence-electron chi connectivity index (χ1n) is 5.15. The van der Waals surface area contributed by atoms with Crippen molar-refractivity contribution in [3.05, 3.63) is 0 Å². The smallest absolute Gasteiger partial charge is 0.257 e. The van der Waals surface area contributed by atoms with E-state index in [2.05, 4.69) is 16.4 Å². The summed E-state index contributed by atoms with van der Waals surface area (Å²) in [6.07, 6.45) is 5.80. The van der Waals surface area contributed by atoms with E-state index in [0.29, 0.717) is 6.61 Å². The molecule has 1 fully saturated rings. The maximum atomic E-state index is 10.1. The second-order valence-corrected chi connectivity index (χ2v) is 4.81. The van der Waals surface area contributed by atoms with Crippen molar-refractivity contribution in [2.75, 3.05) is 13.2 Å². The van der Waals surface area contributed by atoms with Crippen LogP contribution < -0.4 is 5.32 Å².